The van der Waals surface area contributed by atoms with Gasteiger partial charge in [-0.1, -0.05) is 0 Å². The van der Waals surface area contributed by atoms with Gasteiger partial charge in [0.05, 0.1) is 12.2 Å². The number of fused-ring (bicyclic) bond motifs is 1. The topological polar surface area (TPSA) is 62.8 Å². The first kappa shape index (κ1) is 14.6. The molecule has 0 bridgehead atoms. The van der Waals surface area contributed by atoms with E-state index >= 15 is 0 Å². The Morgan fingerprint density at radius 3 is 2.86 bits per heavy atom. The first-order valence-corrected chi connectivity index (χ1v) is 7.75. The van der Waals surface area contributed by atoms with E-state index in [0.29, 0.717) is 19.8 Å². The van der Waals surface area contributed by atoms with Crippen molar-refractivity contribution in [2.75, 3.05) is 38.2 Å². The molecule has 2 aliphatic heterocycles. The number of ether oxygens (including phenoxy) is 2. The van der Waals surface area contributed by atoms with Crippen LogP contribution in [0.15, 0.2) is 16.6 Å². The third-order valence-corrected chi connectivity index (χ3v) is 4.11. The highest BCUT2D eigenvalue weighted by atomic mass is 79.9. The standard InChI is InChI=1S/C14H18BrN3O3/c1-9(19)8-18-3-2-16-14(18)17-11-7-13-12(6-10(11)15)20-4-5-21-13/h6-7,14,16-17H,2-5,8H2,1H3. The van der Waals surface area contributed by atoms with Crippen molar-refractivity contribution >= 4 is 27.4 Å². The number of ketones is 1. The van der Waals surface area contributed by atoms with E-state index in [4.69, 9.17) is 9.47 Å². The van der Waals surface area contributed by atoms with Crippen molar-refractivity contribution < 1.29 is 14.3 Å². The fourth-order valence-electron chi connectivity index (χ4n) is 2.52. The van der Waals surface area contributed by atoms with Gasteiger partial charge in [-0.2, -0.15) is 0 Å². The average Bonchev–Trinajstić information content (AvgIpc) is 2.86. The summed E-state index contributed by atoms with van der Waals surface area (Å²) in [5, 5.41) is 6.73. The number of nitrogens with zero attached hydrogens (tertiary/aromatic N) is 1. The Bertz CT molecular complexity index is 553. The molecule has 0 spiro atoms. The van der Waals surface area contributed by atoms with Crippen LogP contribution in [0.4, 0.5) is 5.69 Å². The van der Waals surface area contributed by atoms with Gasteiger partial charge in [0.15, 0.2) is 11.5 Å². The van der Waals surface area contributed by atoms with Crippen LogP contribution in [0.2, 0.25) is 0 Å². The number of rotatable bonds is 4. The lowest BCUT2D eigenvalue weighted by Crippen LogP contribution is -2.44. The Hall–Kier alpha value is -1.31. The summed E-state index contributed by atoms with van der Waals surface area (Å²) in [7, 11) is 0. The average molecular weight is 356 g/mol. The van der Waals surface area contributed by atoms with Crippen LogP contribution >= 0.6 is 15.9 Å². The van der Waals surface area contributed by atoms with Gasteiger partial charge in [0.1, 0.15) is 25.3 Å². The van der Waals surface area contributed by atoms with E-state index < -0.39 is 0 Å². The second kappa shape index (κ2) is 6.21. The Balaban J connectivity index is 1.76. The van der Waals surface area contributed by atoms with Crippen molar-refractivity contribution in [2.45, 2.75) is 13.2 Å². The lowest BCUT2D eigenvalue weighted by atomic mass is 10.2. The molecule has 2 aliphatic rings. The van der Waals surface area contributed by atoms with Crippen LogP contribution in [0.5, 0.6) is 11.5 Å². The van der Waals surface area contributed by atoms with E-state index in [2.05, 4.69) is 31.5 Å². The van der Waals surface area contributed by atoms with Crippen molar-refractivity contribution in [2.24, 2.45) is 0 Å². The number of Topliss-reactive ketones (excluding diaryl/α,β-unsaturated/α-hetero) is 1. The molecule has 3 rings (SSSR count). The number of nitrogens with one attached hydrogen (secondary N) is 2. The minimum absolute atomic E-state index is 0.0623. The van der Waals surface area contributed by atoms with Gasteiger partial charge >= 0.3 is 0 Å². The van der Waals surface area contributed by atoms with Crippen LogP contribution in [0.1, 0.15) is 6.92 Å². The summed E-state index contributed by atoms with van der Waals surface area (Å²) >= 11 is 3.54. The molecule has 1 fully saturated rings. The molecule has 6 nitrogen and oxygen atoms in total. The zero-order valence-corrected chi connectivity index (χ0v) is 13.4. The summed E-state index contributed by atoms with van der Waals surface area (Å²) in [5.41, 5.74) is 0.909. The number of carbonyl (C=O) groups excluding carboxylic acids is 1. The minimum Gasteiger partial charge on any atom is -0.486 e. The van der Waals surface area contributed by atoms with Gasteiger partial charge in [-0.25, -0.2) is 0 Å². The third-order valence-electron chi connectivity index (χ3n) is 3.45. The first-order valence-electron chi connectivity index (χ1n) is 6.96. The zero-order valence-electron chi connectivity index (χ0n) is 11.8. The fraction of sp³-hybridized carbons (Fsp3) is 0.500. The van der Waals surface area contributed by atoms with Gasteiger partial charge in [-0.15, -0.1) is 0 Å². The summed E-state index contributed by atoms with van der Waals surface area (Å²) in [6.45, 7) is 4.88. The van der Waals surface area contributed by atoms with Gasteiger partial charge in [0.25, 0.3) is 0 Å². The number of hydrogen-bond acceptors (Lipinski definition) is 6. The molecule has 1 aromatic carbocycles. The number of anilines is 1. The highest BCUT2D eigenvalue weighted by Gasteiger charge is 2.25. The van der Waals surface area contributed by atoms with E-state index in [1.54, 1.807) is 6.92 Å². The molecule has 0 aliphatic carbocycles. The van der Waals surface area contributed by atoms with Crippen molar-refractivity contribution in [1.82, 2.24) is 10.2 Å². The second-order valence-electron chi connectivity index (χ2n) is 5.15. The maximum atomic E-state index is 11.3. The van der Waals surface area contributed by atoms with Crippen molar-refractivity contribution in [1.29, 1.82) is 0 Å². The maximum Gasteiger partial charge on any atom is 0.163 e. The zero-order chi connectivity index (χ0) is 14.8. The fourth-order valence-corrected chi connectivity index (χ4v) is 2.96. The Labute approximate surface area is 131 Å². The molecule has 1 saturated heterocycles. The smallest absolute Gasteiger partial charge is 0.163 e. The lowest BCUT2D eigenvalue weighted by Gasteiger charge is -2.26. The molecule has 114 valence electrons. The molecular weight excluding hydrogens is 338 g/mol. The molecular formula is C14H18BrN3O3. The molecule has 0 amide bonds. The summed E-state index contributed by atoms with van der Waals surface area (Å²) < 4.78 is 12.1. The van der Waals surface area contributed by atoms with Crippen molar-refractivity contribution in [3.05, 3.63) is 16.6 Å². The number of benzene rings is 1. The molecule has 0 radical (unpaired) electrons. The van der Waals surface area contributed by atoms with Crippen LogP contribution in [-0.2, 0) is 4.79 Å². The molecule has 0 saturated carbocycles. The second-order valence-corrected chi connectivity index (χ2v) is 6.00. The highest BCUT2D eigenvalue weighted by molar-refractivity contribution is 9.10. The predicted octanol–water partition coefficient (Wildman–Crippen LogP) is 1.41. The molecule has 1 aromatic rings. The normalized spacial score (nSPS) is 21.3. The summed E-state index contributed by atoms with van der Waals surface area (Å²) in [6.07, 6.45) is -0.0623. The van der Waals surface area contributed by atoms with Crippen LogP contribution in [0, 0.1) is 0 Å². The molecule has 1 atom stereocenters. The van der Waals surface area contributed by atoms with Crippen LogP contribution in [0.25, 0.3) is 0 Å². The van der Waals surface area contributed by atoms with Gasteiger partial charge in [-0.05, 0) is 22.9 Å². The van der Waals surface area contributed by atoms with Crippen LogP contribution in [0.3, 0.4) is 0 Å². The first-order chi connectivity index (χ1) is 10.1. The number of hydrogen-bond donors (Lipinski definition) is 2. The largest absolute Gasteiger partial charge is 0.486 e. The highest BCUT2D eigenvalue weighted by Crippen LogP contribution is 2.38. The Morgan fingerprint density at radius 2 is 2.14 bits per heavy atom. The summed E-state index contributed by atoms with van der Waals surface area (Å²) in [5.74, 6) is 1.65. The molecule has 1 unspecified atom stereocenters. The summed E-state index contributed by atoms with van der Waals surface area (Å²) in [4.78, 5) is 13.4. The Kier molecular flexibility index (Phi) is 4.32. The van der Waals surface area contributed by atoms with E-state index in [9.17, 15) is 4.79 Å². The van der Waals surface area contributed by atoms with E-state index in [1.807, 2.05) is 12.1 Å². The van der Waals surface area contributed by atoms with E-state index in [0.717, 1.165) is 34.7 Å². The van der Waals surface area contributed by atoms with Gasteiger partial charge in [0, 0.05) is 29.7 Å². The van der Waals surface area contributed by atoms with Crippen molar-refractivity contribution in [3.8, 4) is 11.5 Å². The molecule has 7 heteroatoms. The predicted molar refractivity (Wildman–Crippen MR) is 82.8 cm³/mol. The quantitative estimate of drug-likeness (QED) is 0.851. The van der Waals surface area contributed by atoms with Crippen LogP contribution < -0.4 is 20.1 Å². The molecule has 21 heavy (non-hydrogen) atoms. The van der Waals surface area contributed by atoms with Gasteiger partial charge in [-0.3, -0.25) is 15.0 Å². The Morgan fingerprint density at radius 1 is 1.43 bits per heavy atom. The number of carbonyl (C=O) groups is 1. The summed E-state index contributed by atoms with van der Waals surface area (Å²) in [6, 6.07) is 3.83. The molecule has 2 N–H and O–H groups in total. The molecule has 2 heterocycles. The van der Waals surface area contributed by atoms with Crippen molar-refractivity contribution in [3.63, 3.8) is 0 Å². The van der Waals surface area contributed by atoms with Crippen LogP contribution in [-0.4, -0.2) is 49.8 Å². The van der Waals surface area contributed by atoms with E-state index in [1.165, 1.54) is 0 Å². The third kappa shape index (κ3) is 3.30. The molecule has 0 aromatic heterocycles. The number of halogens is 1. The van der Waals surface area contributed by atoms with Gasteiger partial charge < -0.3 is 14.8 Å². The minimum atomic E-state index is -0.0623. The monoisotopic (exact) mass is 355 g/mol. The lowest BCUT2D eigenvalue weighted by molar-refractivity contribution is -0.118. The van der Waals surface area contributed by atoms with E-state index in [-0.39, 0.29) is 12.1 Å². The van der Waals surface area contributed by atoms with Gasteiger partial charge in [0.2, 0.25) is 0 Å². The maximum absolute atomic E-state index is 11.3. The SMILES string of the molecule is CC(=O)CN1CCNC1Nc1cc2c(cc1Br)OCCO2.